The third-order valence-corrected chi connectivity index (χ3v) is 5.14. The molecule has 8 heteroatoms. The minimum atomic E-state index is -0.605. The lowest BCUT2D eigenvalue weighted by Crippen LogP contribution is -2.28. The number of carbonyl (C=O) groups excluding carboxylic acids is 3. The maximum atomic E-state index is 12.3. The van der Waals surface area contributed by atoms with E-state index in [2.05, 4.69) is 21.2 Å². The molecule has 1 N–H and O–H groups in total. The van der Waals surface area contributed by atoms with E-state index in [0.29, 0.717) is 17.1 Å². The lowest BCUT2D eigenvalue weighted by molar-refractivity contribution is -0.151. The standard InChI is InChI=1S/C21H21BrN2O5/c1-13-9-15(22)3-8-18(13)23-19(25)12-29-21(27)14-10-20(26)24(11-14)16-4-6-17(28-2)7-5-16/h3-9,14H,10-12H2,1-2H3,(H,23,25)/t14-/m1/s1. The van der Waals surface area contributed by atoms with Crippen LogP contribution in [0.4, 0.5) is 11.4 Å². The number of carbonyl (C=O) groups is 3. The number of nitrogens with zero attached hydrogens (tertiary/aromatic N) is 1. The van der Waals surface area contributed by atoms with Crippen molar-refractivity contribution in [3.05, 3.63) is 52.5 Å². The number of amides is 2. The first-order chi connectivity index (χ1) is 13.9. The van der Waals surface area contributed by atoms with Crippen molar-refractivity contribution in [1.29, 1.82) is 0 Å². The van der Waals surface area contributed by atoms with E-state index < -0.39 is 24.4 Å². The van der Waals surface area contributed by atoms with E-state index in [0.717, 1.165) is 10.0 Å². The molecule has 0 radical (unpaired) electrons. The number of ether oxygens (including phenoxy) is 2. The molecule has 0 unspecified atom stereocenters. The molecule has 2 aromatic rings. The molecule has 1 atom stereocenters. The van der Waals surface area contributed by atoms with Crippen molar-refractivity contribution in [2.75, 3.05) is 30.5 Å². The number of hydrogen-bond acceptors (Lipinski definition) is 5. The van der Waals surface area contributed by atoms with E-state index in [1.165, 1.54) is 4.90 Å². The molecule has 0 saturated carbocycles. The van der Waals surface area contributed by atoms with Crippen molar-refractivity contribution >= 4 is 45.1 Å². The van der Waals surface area contributed by atoms with Gasteiger partial charge in [-0.1, -0.05) is 15.9 Å². The van der Waals surface area contributed by atoms with Crippen molar-refractivity contribution in [2.24, 2.45) is 5.92 Å². The first-order valence-electron chi connectivity index (χ1n) is 9.04. The second kappa shape index (κ2) is 9.09. The fourth-order valence-corrected chi connectivity index (χ4v) is 3.56. The quantitative estimate of drug-likeness (QED) is 0.668. The minimum absolute atomic E-state index is 0.0539. The van der Waals surface area contributed by atoms with Crippen LogP contribution in [0.5, 0.6) is 5.75 Å². The lowest BCUT2D eigenvalue weighted by Gasteiger charge is -2.17. The Morgan fingerprint density at radius 3 is 2.59 bits per heavy atom. The highest BCUT2D eigenvalue weighted by Crippen LogP contribution is 2.27. The zero-order valence-corrected chi connectivity index (χ0v) is 17.7. The predicted molar refractivity (Wildman–Crippen MR) is 112 cm³/mol. The molecular weight excluding hydrogens is 440 g/mol. The average molecular weight is 461 g/mol. The number of hydrogen-bond donors (Lipinski definition) is 1. The molecule has 0 aliphatic carbocycles. The van der Waals surface area contributed by atoms with Gasteiger partial charge in [0, 0.05) is 28.8 Å². The zero-order chi connectivity index (χ0) is 21.0. The van der Waals surface area contributed by atoms with Crippen LogP contribution in [0.15, 0.2) is 46.9 Å². The van der Waals surface area contributed by atoms with E-state index in [-0.39, 0.29) is 18.9 Å². The van der Waals surface area contributed by atoms with Gasteiger partial charge >= 0.3 is 5.97 Å². The second-order valence-electron chi connectivity index (χ2n) is 6.72. The van der Waals surface area contributed by atoms with Gasteiger partial charge in [0.05, 0.1) is 13.0 Å². The van der Waals surface area contributed by atoms with Crippen LogP contribution in [-0.2, 0) is 19.1 Å². The zero-order valence-electron chi connectivity index (χ0n) is 16.1. The maximum Gasteiger partial charge on any atom is 0.311 e. The fourth-order valence-electron chi connectivity index (χ4n) is 3.09. The summed E-state index contributed by atoms with van der Waals surface area (Å²) >= 11 is 3.36. The Kier molecular flexibility index (Phi) is 6.53. The number of methoxy groups -OCH3 is 1. The van der Waals surface area contributed by atoms with E-state index in [1.807, 2.05) is 19.1 Å². The third-order valence-electron chi connectivity index (χ3n) is 4.65. The molecule has 1 aliphatic rings. The third kappa shape index (κ3) is 5.14. The maximum absolute atomic E-state index is 12.3. The van der Waals surface area contributed by atoms with Gasteiger partial charge in [0.1, 0.15) is 5.75 Å². The van der Waals surface area contributed by atoms with Crippen LogP contribution in [0.2, 0.25) is 0 Å². The molecule has 3 rings (SSSR count). The van der Waals surface area contributed by atoms with E-state index >= 15 is 0 Å². The Balaban J connectivity index is 1.52. The van der Waals surface area contributed by atoms with Crippen LogP contribution in [0, 0.1) is 12.8 Å². The van der Waals surface area contributed by atoms with Gasteiger partial charge in [-0.05, 0) is 55.0 Å². The van der Waals surface area contributed by atoms with Crippen LogP contribution in [0.25, 0.3) is 0 Å². The second-order valence-corrected chi connectivity index (χ2v) is 7.63. The molecule has 0 bridgehead atoms. The van der Waals surface area contributed by atoms with Crippen LogP contribution in [-0.4, -0.2) is 38.0 Å². The highest BCUT2D eigenvalue weighted by Gasteiger charge is 2.36. The fraction of sp³-hybridized carbons (Fsp3) is 0.286. The first-order valence-corrected chi connectivity index (χ1v) is 9.83. The Bertz CT molecular complexity index is 929. The summed E-state index contributed by atoms with van der Waals surface area (Å²) in [6.45, 7) is 1.68. The normalized spacial score (nSPS) is 15.9. The van der Waals surface area contributed by atoms with E-state index in [9.17, 15) is 14.4 Å². The van der Waals surface area contributed by atoms with Gasteiger partial charge in [-0.25, -0.2) is 0 Å². The highest BCUT2D eigenvalue weighted by molar-refractivity contribution is 9.10. The number of esters is 1. The van der Waals surface area contributed by atoms with Gasteiger partial charge in [0.2, 0.25) is 5.91 Å². The summed E-state index contributed by atoms with van der Waals surface area (Å²) in [4.78, 5) is 38.3. The van der Waals surface area contributed by atoms with Gasteiger partial charge < -0.3 is 19.7 Å². The molecule has 1 fully saturated rings. The summed E-state index contributed by atoms with van der Waals surface area (Å²) in [5.74, 6) is -1.07. The Labute approximate surface area is 177 Å². The van der Waals surface area contributed by atoms with E-state index in [4.69, 9.17) is 9.47 Å². The molecule has 7 nitrogen and oxygen atoms in total. The molecule has 1 saturated heterocycles. The summed E-state index contributed by atoms with van der Waals surface area (Å²) in [5, 5.41) is 2.71. The van der Waals surface area contributed by atoms with Crippen molar-refractivity contribution in [3.8, 4) is 5.75 Å². The minimum Gasteiger partial charge on any atom is -0.497 e. The number of aryl methyl sites for hydroxylation is 1. The largest absolute Gasteiger partial charge is 0.497 e. The summed E-state index contributed by atoms with van der Waals surface area (Å²) in [6, 6.07) is 12.5. The van der Waals surface area contributed by atoms with Crippen LogP contribution < -0.4 is 15.0 Å². The summed E-state index contributed by atoms with van der Waals surface area (Å²) in [5.41, 5.74) is 2.22. The number of halogens is 1. The predicted octanol–water partition coefficient (Wildman–Crippen LogP) is 3.30. The number of nitrogens with one attached hydrogen (secondary N) is 1. The van der Waals surface area contributed by atoms with Gasteiger partial charge in [0.25, 0.3) is 5.91 Å². The summed E-state index contributed by atoms with van der Waals surface area (Å²) in [7, 11) is 1.57. The van der Waals surface area contributed by atoms with Crippen molar-refractivity contribution in [2.45, 2.75) is 13.3 Å². The molecule has 0 spiro atoms. The lowest BCUT2D eigenvalue weighted by atomic mass is 10.1. The topological polar surface area (TPSA) is 84.9 Å². The monoisotopic (exact) mass is 460 g/mol. The van der Waals surface area contributed by atoms with Crippen molar-refractivity contribution in [1.82, 2.24) is 0 Å². The van der Waals surface area contributed by atoms with E-state index in [1.54, 1.807) is 37.4 Å². The molecule has 0 aromatic heterocycles. The molecule has 2 aromatic carbocycles. The van der Waals surface area contributed by atoms with Crippen LogP contribution >= 0.6 is 15.9 Å². The van der Waals surface area contributed by atoms with Crippen LogP contribution in [0.1, 0.15) is 12.0 Å². The Morgan fingerprint density at radius 1 is 1.21 bits per heavy atom. The SMILES string of the molecule is COc1ccc(N2C[C@H](C(=O)OCC(=O)Nc3ccc(Br)cc3C)CC2=O)cc1. The van der Waals surface area contributed by atoms with Gasteiger partial charge in [-0.3, -0.25) is 14.4 Å². The smallest absolute Gasteiger partial charge is 0.311 e. The molecule has 152 valence electrons. The van der Waals surface area contributed by atoms with Gasteiger partial charge in [-0.15, -0.1) is 0 Å². The first kappa shape index (κ1) is 20.9. The van der Waals surface area contributed by atoms with Crippen molar-refractivity contribution < 1.29 is 23.9 Å². The summed E-state index contributed by atoms with van der Waals surface area (Å²) < 4.78 is 11.2. The van der Waals surface area contributed by atoms with Crippen molar-refractivity contribution in [3.63, 3.8) is 0 Å². The highest BCUT2D eigenvalue weighted by atomic mass is 79.9. The molecule has 2 amide bonds. The average Bonchev–Trinajstić information content (AvgIpc) is 3.10. The van der Waals surface area contributed by atoms with Crippen LogP contribution in [0.3, 0.4) is 0 Å². The molecule has 1 heterocycles. The molecule has 1 aliphatic heterocycles. The summed E-state index contributed by atoms with van der Waals surface area (Å²) in [6.07, 6.45) is 0.0539. The number of benzene rings is 2. The van der Waals surface area contributed by atoms with Gasteiger partial charge in [-0.2, -0.15) is 0 Å². The van der Waals surface area contributed by atoms with Gasteiger partial charge in [0.15, 0.2) is 6.61 Å². The molecular formula is C21H21BrN2O5. The Morgan fingerprint density at radius 2 is 1.93 bits per heavy atom. The number of anilines is 2. The number of rotatable bonds is 6. The Hall–Kier alpha value is -2.87. The molecule has 29 heavy (non-hydrogen) atoms.